The van der Waals surface area contributed by atoms with Gasteiger partial charge in [0.2, 0.25) is 6.17 Å². The van der Waals surface area contributed by atoms with E-state index in [1.807, 2.05) is 38.1 Å². The topological polar surface area (TPSA) is 76.4 Å². The molecule has 0 bridgehead atoms. The summed E-state index contributed by atoms with van der Waals surface area (Å²) in [5.41, 5.74) is 2.74. The van der Waals surface area contributed by atoms with Crippen LogP contribution in [-0.4, -0.2) is 56.0 Å². The van der Waals surface area contributed by atoms with Crippen LogP contribution in [-0.2, 0) is 14.3 Å². The number of benzene rings is 2. The Labute approximate surface area is 209 Å². The zero-order valence-electron chi connectivity index (χ0n) is 18.7. The number of nitrogens with one attached hydrogen (secondary N) is 3. The lowest BCUT2D eigenvalue weighted by Gasteiger charge is -2.20. The van der Waals surface area contributed by atoms with Crippen molar-refractivity contribution < 1.29 is 19.2 Å². The van der Waals surface area contributed by atoms with Crippen molar-refractivity contribution in [2.75, 3.05) is 26.8 Å². The van der Waals surface area contributed by atoms with Crippen LogP contribution in [0.5, 0.6) is 0 Å². The summed E-state index contributed by atoms with van der Waals surface area (Å²) in [4.78, 5) is 18.6. The number of benzodiazepines with no additional fused rings is 1. The number of ether oxygens (including phenoxy) is 2. The standard InChI is InChI=1S/C23H26Cl2N4O3S/c1-4-31-19(32-5-2)13-26-23(33)28-21-22(30)29(3)18-11-10-14(24)12-16(18)20(27-21)15-8-6-7-9-17(15)25/h6-12,19,21H,4-5,13H2,1-3H3,(H2,26,28,33)/p+1. The van der Waals surface area contributed by atoms with Crippen molar-refractivity contribution in [2.24, 2.45) is 4.99 Å². The smallest absolute Gasteiger partial charge is 0.358 e. The number of quaternary nitrogens is 1. The highest BCUT2D eigenvalue weighted by molar-refractivity contribution is 7.80. The number of hydrogen-bond donors (Lipinski definition) is 3. The Kier molecular flexibility index (Phi) is 9.19. The number of halogens is 2. The van der Waals surface area contributed by atoms with Crippen LogP contribution >= 0.6 is 35.4 Å². The molecule has 3 rings (SSSR count). The Bertz CT molecular complexity index is 1040. The van der Waals surface area contributed by atoms with Gasteiger partial charge in [-0.05, 0) is 44.3 Å². The van der Waals surface area contributed by atoms with Crippen molar-refractivity contribution in [1.29, 1.82) is 0 Å². The molecule has 0 aliphatic carbocycles. The molecule has 2 unspecified atom stereocenters. The Hall–Kier alpha value is -2.07. The molecule has 2 aromatic rings. The minimum atomic E-state index is -0.944. The summed E-state index contributed by atoms with van der Waals surface area (Å²) in [5, 5.41) is 7.38. The van der Waals surface area contributed by atoms with Crippen LogP contribution in [0.15, 0.2) is 47.5 Å². The Morgan fingerprint density at radius 2 is 1.85 bits per heavy atom. The van der Waals surface area contributed by atoms with Gasteiger partial charge in [-0.3, -0.25) is 0 Å². The molecule has 7 nitrogen and oxygen atoms in total. The summed E-state index contributed by atoms with van der Waals surface area (Å²) in [6.07, 6.45) is -1.40. The van der Waals surface area contributed by atoms with Crippen LogP contribution in [0.3, 0.4) is 0 Å². The average molecular weight is 510 g/mol. The predicted octanol–water partition coefficient (Wildman–Crippen LogP) is 2.71. The molecule has 1 aliphatic rings. The van der Waals surface area contributed by atoms with Crippen LogP contribution in [0.4, 0.5) is 5.69 Å². The summed E-state index contributed by atoms with van der Waals surface area (Å²) in [5.74, 6) is -0.198. The molecule has 0 fully saturated rings. The second-order valence-corrected chi connectivity index (χ2v) is 8.49. The number of carbonyl (C=O) groups is 1. The molecule has 1 aliphatic heterocycles. The molecule has 0 saturated carbocycles. The number of likely N-dealkylation sites (N-methyl/N-ethyl adjacent to an activating group) is 1. The fraction of sp³-hybridized carbons (Fsp3) is 0.348. The van der Waals surface area contributed by atoms with Crippen LogP contribution in [0.2, 0.25) is 10.0 Å². The van der Waals surface area contributed by atoms with Gasteiger partial charge in [0.25, 0.3) is 0 Å². The lowest BCUT2D eigenvalue weighted by molar-refractivity contribution is -0.725. The number of hydrogen-bond acceptors (Lipinski definition) is 5. The lowest BCUT2D eigenvalue weighted by atomic mass is 10.00. The first-order valence-corrected chi connectivity index (χ1v) is 11.8. The maximum Gasteiger partial charge on any atom is 0.361 e. The van der Waals surface area contributed by atoms with Crippen molar-refractivity contribution >= 4 is 57.8 Å². The van der Waals surface area contributed by atoms with Gasteiger partial charge in [0, 0.05) is 34.9 Å². The monoisotopic (exact) mass is 509 g/mol. The van der Waals surface area contributed by atoms with Crippen LogP contribution in [0, 0.1) is 0 Å². The first-order valence-electron chi connectivity index (χ1n) is 10.6. The van der Waals surface area contributed by atoms with Gasteiger partial charge in [0.05, 0.1) is 24.9 Å². The summed E-state index contributed by atoms with van der Waals surface area (Å²) < 4.78 is 11.0. The number of carbonyl (C=O) groups excluding carboxylic acids is 1. The van der Waals surface area contributed by atoms with Gasteiger partial charge in [-0.25, -0.2) is 14.7 Å². The van der Waals surface area contributed by atoms with Gasteiger partial charge in [-0.2, -0.15) is 0 Å². The summed E-state index contributed by atoms with van der Waals surface area (Å²) >= 11 is 18.2. The van der Waals surface area contributed by atoms with E-state index in [1.165, 1.54) is 0 Å². The number of aliphatic imine (C=N–C) groups is 1. The quantitative estimate of drug-likeness (QED) is 0.375. The SMILES string of the molecule is CCOC(CNC(=S)NC1N=C(c2ccccc2Cl)c2cc(Cl)ccc2[NH+](C)C1=O)OCC. The number of nitrogens with zero attached hydrogens (tertiary/aromatic N) is 1. The van der Waals surface area contributed by atoms with Crippen molar-refractivity contribution in [1.82, 2.24) is 10.6 Å². The fourth-order valence-corrected chi connectivity index (χ4v) is 4.08. The van der Waals surface area contributed by atoms with E-state index in [0.29, 0.717) is 46.0 Å². The van der Waals surface area contributed by atoms with Gasteiger partial charge >= 0.3 is 5.91 Å². The van der Waals surface area contributed by atoms with Gasteiger partial charge in [0.1, 0.15) is 5.69 Å². The maximum atomic E-state index is 13.3. The number of amides is 1. The second-order valence-electron chi connectivity index (χ2n) is 7.23. The molecule has 33 heavy (non-hydrogen) atoms. The van der Waals surface area contributed by atoms with E-state index < -0.39 is 12.5 Å². The predicted molar refractivity (Wildman–Crippen MR) is 135 cm³/mol. The number of thiocarbonyl (C=S) groups is 1. The molecule has 0 aromatic heterocycles. The average Bonchev–Trinajstić information content (AvgIpc) is 2.88. The molecule has 3 N–H and O–H groups in total. The molecule has 1 amide bonds. The summed E-state index contributed by atoms with van der Waals surface area (Å²) in [6.45, 7) is 5.12. The van der Waals surface area contributed by atoms with Gasteiger partial charge in [-0.1, -0.05) is 41.4 Å². The van der Waals surface area contributed by atoms with E-state index in [0.717, 1.165) is 11.3 Å². The fourth-order valence-electron chi connectivity index (χ4n) is 3.49. The van der Waals surface area contributed by atoms with Crippen LogP contribution < -0.4 is 15.5 Å². The summed E-state index contributed by atoms with van der Waals surface area (Å²) in [6, 6.07) is 12.7. The van der Waals surface area contributed by atoms with Gasteiger partial charge in [-0.15, -0.1) is 0 Å². The van der Waals surface area contributed by atoms with Crippen LogP contribution in [0.25, 0.3) is 0 Å². The highest BCUT2D eigenvalue weighted by atomic mass is 35.5. The van der Waals surface area contributed by atoms with E-state index in [1.54, 1.807) is 25.2 Å². The Morgan fingerprint density at radius 3 is 2.52 bits per heavy atom. The van der Waals surface area contributed by atoms with E-state index in [9.17, 15) is 4.79 Å². The van der Waals surface area contributed by atoms with Crippen LogP contribution in [0.1, 0.15) is 25.0 Å². The van der Waals surface area contributed by atoms with E-state index in [2.05, 4.69) is 10.6 Å². The third-order valence-electron chi connectivity index (χ3n) is 5.05. The molecular weight excluding hydrogens is 483 g/mol. The number of rotatable bonds is 8. The molecule has 0 spiro atoms. The normalized spacial score (nSPS) is 17.9. The highest BCUT2D eigenvalue weighted by Gasteiger charge is 2.35. The summed E-state index contributed by atoms with van der Waals surface area (Å²) in [7, 11) is 1.77. The zero-order valence-corrected chi connectivity index (χ0v) is 21.0. The van der Waals surface area contributed by atoms with Crippen molar-refractivity contribution in [3.05, 3.63) is 63.6 Å². The first-order chi connectivity index (χ1) is 15.8. The van der Waals surface area contributed by atoms with Crippen molar-refractivity contribution in [2.45, 2.75) is 26.3 Å². The van der Waals surface area contributed by atoms with E-state index in [4.69, 9.17) is 49.9 Å². The van der Waals surface area contributed by atoms with Crippen molar-refractivity contribution in [3.63, 3.8) is 0 Å². The molecule has 1 heterocycles. The van der Waals surface area contributed by atoms with E-state index in [-0.39, 0.29) is 11.0 Å². The number of fused-ring (bicyclic) bond motifs is 1. The molecule has 0 saturated heterocycles. The largest absolute Gasteiger partial charge is 0.361 e. The molecular formula is C23H27Cl2N4O3S+. The molecule has 0 radical (unpaired) electrons. The molecule has 2 aromatic carbocycles. The van der Waals surface area contributed by atoms with Gasteiger partial charge in [0.15, 0.2) is 11.4 Å². The van der Waals surface area contributed by atoms with Gasteiger partial charge < -0.3 is 20.1 Å². The van der Waals surface area contributed by atoms with Crippen molar-refractivity contribution in [3.8, 4) is 0 Å². The third kappa shape index (κ3) is 6.29. The first kappa shape index (κ1) is 25.6. The molecule has 2 atom stereocenters. The minimum Gasteiger partial charge on any atom is -0.358 e. The Morgan fingerprint density at radius 1 is 1.15 bits per heavy atom. The Balaban J connectivity index is 1.93. The highest BCUT2D eigenvalue weighted by Crippen LogP contribution is 2.27. The maximum absolute atomic E-state index is 13.3. The second kappa shape index (κ2) is 11.9. The minimum absolute atomic E-state index is 0.198. The lowest BCUT2D eigenvalue weighted by Crippen LogP contribution is -3.08. The third-order valence-corrected chi connectivity index (χ3v) is 5.87. The molecule has 10 heteroatoms. The zero-order chi connectivity index (χ0) is 24.0. The molecule has 176 valence electrons. The van der Waals surface area contributed by atoms with E-state index >= 15 is 0 Å².